The van der Waals surface area contributed by atoms with Crippen molar-refractivity contribution in [3.8, 4) is 0 Å². The van der Waals surface area contributed by atoms with Crippen LogP contribution < -0.4 is 10.6 Å². The van der Waals surface area contributed by atoms with Crippen molar-refractivity contribution < 1.29 is 0 Å². The molecule has 0 unspecified atom stereocenters. The average molecular weight is 349 g/mol. The maximum atomic E-state index is 5.69. The zero-order chi connectivity index (χ0) is 14.7. The van der Waals surface area contributed by atoms with Crippen LogP contribution in [0, 0.1) is 6.92 Å². The Morgan fingerprint density at radius 3 is 2.45 bits per heavy atom. The fraction of sp³-hybridized carbons (Fsp3) is 0.188. The number of nitrogens with zero attached hydrogens (tertiary/aromatic N) is 1. The molecule has 0 heterocycles. The topological polar surface area (TPSA) is 29.3 Å². The minimum Gasteiger partial charge on any atom is -0.389 e. The lowest BCUT2D eigenvalue weighted by Crippen LogP contribution is -2.17. The Labute approximate surface area is 133 Å². The zero-order valence-corrected chi connectivity index (χ0v) is 14.0. The maximum Gasteiger partial charge on any atom is 0.105 e. The molecule has 0 radical (unpaired) electrons. The van der Waals surface area contributed by atoms with E-state index < -0.39 is 0 Å². The van der Waals surface area contributed by atoms with Crippen molar-refractivity contribution in [2.45, 2.75) is 13.8 Å². The van der Waals surface area contributed by atoms with Gasteiger partial charge in [-0.15, -0.1) is 0 Å². The molecule has 2 nitrogen and oxygen atoms in total. The summed E-state index contributed by atoms with van der Waals surface area (Å²) in [6.45, 7) is 5.13. The first kappa shape index (κ1) is 15.0. The number of aryl methyl sites for hydroxylation is 1. The standard InChI is InChI=1S/C16H17BrN2S/c1-3-19(12-6-4-5-11(2)9-12)13-7-8-14(16(18)20)15(17)10-13/h4-10H,3H2,1-2H3,(H2,18,20). The Balaban J connectivity index is 2.42. The summed E-state index contributed by atoms with van der Waals surface area (Å²) >= 11 is 8.57. The summed E-state index contributed by atoms with van der Waals surface area (Å²) < 4.78 is 0.925. The molecule has 0 saturated carbocycles. The quantitative estimate of drug-likeness (QED) is 0.821. The van der Waals surface area contributed by atoms with Gasteiger partial charge >= 0.3 is 0 Å². The SMILES string of the molecule is CCN(c1cccc(C)c1)c1ccc(C(N)=S)c(Br)c1. The van der Waals surface area contributed by atoms with Gasteiger partial charge in [-0.3, -0.25) is 0 Å². The Morgan fingerprint density at radius 1 is 1.20 bits per heavy atom. The molecule has 2 aromatic rings. The van der Waals surface area contributed by atoms with Gasteiger partial charge in [0, 0.05) is 28.0 Å². The number of nitrogens with two attached hydrogens (primary N) is 1. The van der Waals surface area contributed by atoms with Crippen LogP contribution in [0.4, 0.5) is 11.4 Å². The maximum absolute atomic E-state index is 5.69. The van der Waals surface area contributed by atoms with E-state index in [0.717, 1.165) is 22.3 Å². The summed E-state index contributed by atoms with van der Waals surface area (Å²) in [5.41, 5.74) is 10.1. The second-order valence-electron chi connectivity index (χ2n) is 4.61. The molecule has 0 amide bonds. The third-order valence-corrected chi connectivity index (χ3v) is 4.04. The van der Waals surface area contributed by atoms with Crippen molar-refractivity contribution in [3.63, 3.8) is 0 Å². The molecule has 0 saturated heterocycles. The Bertz CT molecular complexity index is 640. The van der Waals surface area contributed by atoms with Crippen LogP contribution in [0.5, 0.6) is 0 Å². The summed E-state index contributed by atoms with van der Waals surface area (Å²) in [6, 6.07) is 14.5. The second-order valence-corrected chi connectivity index (χ2v) is 5.91. The van der Waals surface area contributed by atoms with E-state index in [2.05, 4.69) is 65.0 Å². The summed E-state index contributed by atoms with van der Waals surface area (Å²) in [4.78, 5) is 2.66. The van der Waals surface area contributed by atoms with Crippen LogP contribution in [0.1, 0.15) is 18.1 Å². The third kappa shape index (κ3) is 3.19. The molecule has 0 aliphatic carbocycles. The third-order valence-electron chi connectivity index (χ3n) is 3.16. The average Bonchev–Trinajstić information content (AvgIpc) is 2.39. The van der Waals surface area contributed by atoms with Crippen LogP contribution in [0.15, 0.2) is 46.9 Å². The molecular formula is C16H17BrN2S. The van der Waals surface area contributed by atoms with Crippen LogP contribution in [0.2, 0.25) is 0 Å². The largest absolute Gasteiger partial charge is 0.389 e. The Kier molecular flexibility index (Phi) is 4.78. The molecule has 104 valence electrons. The van der Waals surface area contributed by atoms with Gasteiger partial charge in [0.05, 0.1) is 0 Å². The van der Waals surface area contributed by atoms with Crippen molar-refractivity contribution in [1.29, 1.82) is 0 Å². The van der Waals surface area contributed by atoms with Gasteiger partial charge in [0.25, 0.3) is 0 Å². The van der Waals surface area contributed by atoms with Gasteiger partial charge in [0.1, 0.15) is 4.99 Å². The molecular weight excluding hydrogens is 332 g/mol. The highest BCUT2D eigenvalue weighted by atomic mass is 79.9. The lowest BCUT2D eigenvalue weighted by Gasteiger charge is -2.24. The monoisotopic (exact) mass is 348 g/mol. The van der Waals surface area contributed by atoms with E-state index in [9.17, 15) is 0 Å². The molecule has 2 aromatic carbocycles. The van der Waals surface area contributed by atoms with Gasteiger partial charge in [-0.05, 0) is 65.7 Å². The second kappa shape index (κ2) is 6.37. The van der Waals surface area contributed by atoms with E-state index in [1.807, 2.05) is 12.1 Å². The molecule has 0 fully saturated rings. The molecule has 4 heteroatoms. The van der Waals surface area contributed by atoms with Crippen molar-refractivity contribution in [2.24, 2.45) is 5.73 Å². The smallest absolute Gasteiger partial charge is 0.105 e. The minimum absolute atomic E-state index is 0.405. The fourth-order valence-electron chi connectivity index (χ4n) is 2.18. The highest BCUT2D eigenvalue weighted by Gasteiger charge is 2.10. The number of rotatable bonds is 4. The van der Waals surface area contributed by atoms with E-state index in [4.69, 9.17) is 18.0 Å². The highest BCUT2D eigenvalue weighted by Crippen LogP contribution is 2.29. The molecule has 2 rings (SSSR count). The molecule has 0 spiro atoms. The fourth-order valence-corrected chi connectivity index (χ4v) is 3.07. The number of thiocarbonyl (C=S) groups is 1. The van der Waals surface area contributed by atoms with Gasteiger partial charge in [0.2, 0.25) is 0 Å². The van der Waals surface area contributed by atoms with E-state index in [1.54, 1.807) is 0 Å². The van der Waals surface area contributed by atoms with Crippen LogP contribution >= 0.6 is 28.1 Å². The highest BCUT2D eigenvalue weighted by molar-refractivity contribution is 9.10. The number of hydrogen-bond donors (Lipinski definition) is 1. The van der Waals surface area contributed by atoms with Gasteiger partial charge < -0.3 is 10.6 Å². The van der Waals surface area contributed by atoms with E-state index >= 15 is 0 Å². The first-order valence-electron chi connectivity index (χ1n) is 6.46. The molecule has 0 bridgehead atoms. The summed E-state index contributed by atoms with van der Waals surface area (Å²) in [5, 5.41) is 0. The van der Waals surface area contributed by atoms with Gasteiger partial charge in [-0.1, -0.05) is 24.4 Å². The van der Waals surface area contributed by atoms with Crippen molar-refractivity contribution in [1.82, 2.24) is 0 Å². The molecule has 20 heavy (non-hydrogen) atoms. The first-order valence-corrected chi connectivity index (χ1v) is 7.66. The molecule has 0 atom stereocenters. The van der Waals surface area contributed by atoms with E-state index in [-0.39, 0.29) is 0 Å². The number of benzene rings is 2. The molecule has 0 aliphatic rings. The number of hydrogen-bond acceptors (Lipinski definition) is 2. The molecule has 2 N–H and O–H groups in total. The van der Waals surface area contributed by atoms with Gasteiger partial charge in [-0.25, -0.2) is 0 Å². The van der Waals surface area contributed by atoms with Crippen molar-refractivity contribution in [3.05, 3.63) is 58.1 Å². The first-order chi connectivity index (χ1) is 9.52. The lowest BCUT2D eigenvalue weighted by atomic mass is 10.1. The lowest BCUT2D eigenvalue weighted by molar-refractivity contribution is 1.02. The van der Waals surface area contributed by atoms with Crippen LogP contribution in [-0.2, 0) is 0 Å². The normalized spacial score (nSPS) is 10.3. The number of anilines is 2. The van der Waals surface area contributed by atoms with Crippen LogP contribution in [-0.4, -0.2) is 11.5 Å². The predicted molar refractivity (Wildman–Crippen MR) is 93.9 cm³/mol. The van der Waals surface area contributed by atoms with Crippen LogP contribution in [0.3, 0.4) is 0 Å². The van der Waals surface area contributed by atoms with Crippen molar-refractivity contribution >= 4 is 44.5 Å². The van der Waals surface area contributed by atoms with Gasteiger partial charge in [0.15, 0.2) is 0 Å². The number of halogens is 1. The summed E-state index contributed by atoms with van der Waals surface area (Å²) in [7, 11) is 0. The Hall–Kier alpha value is -1.39. The minimum atomic E-state index is 0.405. The molecule has 0 aliphatic heterocycles. The summed E-state index contributed by atoms with van der Waals surface area (Å²) in [5.74, 6) is 0. The van der Waals surface area contributed by atoms with Crippen molar-refractivity contribution in [2.75, 3.05) is 11.4 Å². The predicted octanol–water partition coefficient (Wildman–Crippen LogP) is 4.55. The molecule has 0 aromatic heterocycles. The summed E-state index contributed by atoms with van der Waals surface area (Å²) in [6.07, 6.45) is 0. The van der Waals surface area contributed by atoms with Gasteiger partial charge in [-0.2, -0.15) is 0 Å². The van der Waals surface area contributed by atoms with E-state index in [1.165, 1.54) is 11.3 Å². The zero-order valence-electron chi connectivity index (χ0n) is 11.6. The van der Waals surface area contributed by atoms with Crippen LogP contribution in [0.25, 0.3) is 0 Å². The van der Waals surface area contributed by atoms with E-state index in [0.29, 0.717) is 4.99 Å². The Morgan fingerprint density at radius 2 is 1.90 bits per heavy atom.